The molecule has 0 spiro atoms. The summed E-state index contributed by atoms with van der Waals surface area (Å²) in [6.45, 7) is 0.274. The Bertz CT molecular complexity index is 294. The van der Waals surface area contributed by atoms with E-state index in [4.69, 9.17) is 10.9 Å². The molecular weight excluding hydrogens is 206 g/mol. The summed E-state index contributed by atoms with van der Waals surface area (Å²) in [6.07, 6.45) is 6.45. The average molecular weight is 225 g/mol. The van der Waals surface area contributed by atoms with Crippen LogP contribution in [0.4, 0.5) is 0 Å². The molecule has 0 unspecified atom stereocenters. The molecule has 16 heavy (non-hydrogen) atoms. The first-order valence-electron chi connectivity index (χ1n) is 5.99. The number of amidine groups is 1. The van der Waals surface area contributed by atoms with Gasteiger partial charge >= 0.3 is 0 Å². The molecule has 0 aromatic carbocycles. The van der Waals surface area contributed by atoms with Crippen molar-refractivity contribution in [1.82, 2.24) is 4.90 Å². The highest BCUT2D eigenvalue weighted by Crippen LogP contribution is 2.34. The maximum absolute atomic E-state index is 12.1. The number of hydrogen-bond acceptors (Lipinski definition) is 3. The Morgan fingerprint density at radius 2 is 1.94 bits per heavy atom. The fourth-order valence-corrected chi connectivity index (χ4v) is 2.37. The molecule has 2 fully saturated rings. The second-order valence-electron chi connectivity index (χ2n) is 4.77. The zero-order chi connectivity index (χ0) is 11.5. The monoisotopic (exact) mass is 225 g/mol. The average Bonchev–Trinajstić information content (AvgIpc) is 3.01. The van der Waals surface area contributed by atoms with Crippen LogP contribution < -0.4 is 5.73 Å². The molecule has 0 bridgehead atoms. The molecular formula is C11H19N3O2. The van der Waals surface area contributed by atoms with Crippen molar-refractivity contribution in [2.24, 2.45) is 16.8 Å². The number of amides is 1. The zero-order valence-corrected chi connectivity index (χ0v) is 9.43. The van der Waals surface area contributed by atoms with Crippen molar-refractivity contribution in [3.8, 4) is 0 Å². The van der Waals surface area contributed by atoms with E-state index in [1.165, 1.54) is 12.8 Å². The van der Waals surface area contributed by atoms with Crippen LogP contribution in [0.25, 0.3) is 0 Å². The second-order valence-corrected chi connectivity index (χ2v) is 4.77. The largest absolute Gasteiger partial charge is 0.409 e. The fraction of sp³-hybridized carbons (Fsp3) is 0.818. The van der Waals surface area contributed by atoms with Gasteiger partial charge in [0.05, 0.1) is 6.54 Å². The molecule has 0 aromatic heterocycles. The van der Waals surface area contributed by atoms with E-state index < -0.39 is 0 Å². The van der Waals surface area contributed by atoms with Crippen molar-refractivity contribution in [3.63, 3.8) is 0 Å². The minimum absolute atomic E-state index is 0.126. The lowest BCUT2D eigenvalue weighted by atomic mass is 10.2. The van der Waals surface area contributed by atoms with Crippen LogP contribution in [-0.4, -0.2) is 34.4 Å². The summed E-state index contributed by atoms with van der Waals surface area (Å²) in [4.78, 5) is 13.9. The van der Waals surface area contributed by atoms with E-state index in [0.29, 0.717) is 6.04 Å². The molecule has 5 heteroatoms. The number of carbonyl (C=O) groups is 1. The van der Waals surface area contributed by atoms with Gasteiger partial charge in [0, 0.05) is 12.0 Å². The highest BCUT2D eigenvalue weighted by Gasteiger charge is 2.37. The number of nitrogens with two attached hydrogens (primary N) is 1. The van der Waals surface area contributed by atoms with Crippen LogP contribution in [0.1, 0.15) is 38.5 Å². The van der Waals surface area contributed by atoms with Gasteiger partial charge in [-0.05, 0) is 25.7 Å². The smallest absolute Gasteiger partial charge is 0.226 e. The van der Waals surface area contributed by atoms with E-state index in [-0.39, 0.29) is 24.2 Å². The topological polar surface area (TPSA) is 78.9 Å². The minimum atomic E-state index is 0.126. The van der Waals surface area contributed by atoms with Gasteiger partial charge < -0.3 is 15.8 Å². The number of rotatable bonds is 4. The first-order chi connectivity index (χ1) is 7.72. The molecule has 5 nitrogen and oxygen atoms in total. The minimum Gasteiger partial charge on any atom is -0.409 e. The van der Waals surface area contributed by atoms with Crippen LogP contribution in [0.3, 0.4) is 0 Å². The van der Waals surface area contributed by atoms with Gasteiger partial charge in [0.1, 0.15) is 0 Å². The molecule has 2 saturated carbocycles. The van der Waals surface area contributed by atoms with E-state index >= 15 is 0 Å². The van der Waals surface area contributed by atoms with Crippen molar-refractivity contribution in [2.45, 2.75) is 44.6 Å². The third-order valence-corrected chi connectivity index (χ3v) is 3.44. The lowest BCUT2D eigenvalue weighted by Gasteiger charge is -2.28. The molecule has 90 valence electrons. The predicted octanol–water partition coefficient (Wildman–Crippen LogP) is 0.914. The van der Waals surface area contributed by atoms with Crippen molar-refractivity contribution in [3.05, 3.63) is 0 Å². The first kappa shape index (κ1) is 11.2. The molecule has 3 N–H and O–H groups in total. The van der Waals surface area contributed by atoms with Crippen LogP contribution >= 0.6 is 0 Å². The molecule has 0 aliphatic heterocycles. The Balaban J connectivity index is 2.01. The maximum Gasteiger partial charge on any atom is 0.226 e. The molecule has 2 aliphatic rings. The third kappa shape index (κ3) is 2.46. The van der Waals surface area contributed by atoms with Crippen molar-refractivity contribution in [1.29, 1.82) is 0 Å². The fourth-order valence-electron chi connectivity index (χ4n) is 2.37. The molecule has 0 saturated heterocycles. The molecule has 0 heterocycles. The Morgan fingerprint density at radius 3 is 2.44 bits per heavy atom. The number of oxime groups is 1. The maximum atomic E-state index is 12.1. The summed E-state index contributed by atoms with van der Waals surface area (Å²) in [6, 6.07) is 0.299. The van der Waals surface area contributed by atoms with Gasteiger partial charge in [0.25, 0.3) is 0 Å². The highest BCUT2D eigenvalue weighted by molar-refractivity contribution is 5.88. The van der Waals surface area contributed by atoms with Gasteiger partial charge in [-0.3, -0.25) is 4.79 Å². The molecule has 2 rings (SSSR count). The summed E-state index contributed by atoms with van der Waals surface area (Å²) in [5, 5.41) is 11.5. The van der Waals surface area contributed by atoms with Crippen molar-refractivity contribution < 1.29 is 10.0 Å². The van der Waals surface area contributed by atoms with Gasteiger partial charge in [-0.2, -0.15) is 0 Å². The molecule has 0 aromatic rings. The lowest BCUT2D eigenvalue weighted by Crippen LogP contribution is -2.45. The van der Waals surface area contributed by atoms with E-state index in [1.54, 1.807) is 0 Å². The van der Waals surface area contributed by atoms with Gasteiger partial charge in [-0.25, -0.2) is 0 Å². The van der Waals surface area contributed by atoms with E-state index in [9.17, 15) is 4.79 Å². The number of carbonyl (C=O) groups excluding carboxylic acids is 1. The van der Waals surface area contributed by atoms with Crippen molar-refractivity contribution >= 4 is 11.7 Å². The third-order valence-electron chi connectivity index (χ3n) is 3.44. The van der Waals surface area contributed by atoms with Gasteiger partial charge in [-0.15, -0.1) is 0 Å². The zero-order valence-electron chi connectivity index (χ0n) is 9.43. The van der Waals surface area contributed by atoms with Gasteiger partial charge in [0.15, 0.2) is 5.84 Å². The Kier molecular flexibility index (Phi) is 3.31. The van der Waals surface area contributed by atoms with Crippen LogP contribution in [0.15, 0.2) is 5.16 Å². The first-order valence-corrected chi connectivity index (χ1v) is 5.99. The van der Waals surface area contributed by atoms with Crippen LogP contribution in [0.5, 0.6) is 0 Å². The quantitative estimate of drug-likeness (QED) is 0.323. The van der Waals surface area contributed by atoms with Gasteiger partial charge in [-0.1, -0.05) is 18.0 Å². The molecule has 0 atom stereocenters. The molecule has 2 aliphatic carbocycles. The second kappa shape index (κ2) is 4.72. The molecule has 1 amide bonds. The van der Waals surface area contributed by atoms with Crippen LogP contribution in [0.2, 0.25) is 0 Å². The lowest BCUT2D eigenvalue weighted by molar-refractivity contribution is -0.133. The van der Waals surface area contributed by atoms with Crippen molar-refractivity contribution in [2.75, 3.05) is 6.54 Å². The van der Waals surface area contributed by atoms with Crippen LogP contribution in [0, 0.1) is 5.92 Å². The van der Waals surface area contributed by atoms with Crippen LogP contribution in [-0.2, 0) is 4.79 Å². The Morgan fingerprint density at radius 1 is 1.31 bits per heavy atom. The van der Waals surface area contributed by atoms with E-state index in [2.05, 4.69) is 5.16 Å². The Labute approximate surface area is 95.3 Å². The summed E-state index contributed by atoms with van der Waals surface area (Å²) in [7, 11) is 0. The van der Waals surface area contributed by atoms with E-state index in [0.717, 1.165) is 25.7 Å². The summed E-state index contributed by atoms with van der Waals surface area (Å²) in [5.74, 6) is 0.520. The molecule has 0 radical (unpaired) electrons. The summed E-state index contributed by atoms with van der Waals surface area (Å²) >= 11 is 0. The SMILES string of the molecule is NC(CN(C(=O)C1CC1)C1CCCC1)=NO. The number of nitrogens with zero attached hydrogens (tertiary/aromatic N) is 2. The predicted molar refractivity (Wildman–Crippen MR) is 60.1 cm³/mol. The summed E-state index contributed by atoms with van der Waals surface area (Å²) in [5.41, 5.74) is 5.51. The normalized spacial score (nSPS) is 22.4. The van der Waals surface area contributed by atoms with E-state index in [1.807, 2.05) is 4.90 Å². The number of hydrogen-bond donors (Lipinski definition) is 2. The highest BCUT2D eigenvalue weighted by atomic mass is 16.4. The standard InChI is InChI=1S/C11H19N3O2/c12-10(13-16)7-14(9-3-1-2-4-9)11(15)8-5-6-8/h8-9,16H,1-7H2,(H2,12,13). The van der Waals surface area contributed by atoms with Gasteiger partial charge in [0.2, 0.25) is 5.91 Å². The summed E-state index contributed by atoms with van der Waals surface area (Å²) < 4.78 is 0. The Hall–Kier alpha value is -1.26.